The highest BCUT2D eigenvalue weighted by atomic mass is 35.5. The van der Waals surface area contributed by atoms with Crippen LogP contribution in [0.3, 0.4) is 0 Å². The monoisotopic (exact) mass is 545 g/mol. The third-order valence-corrected chi connectivity index (χ3v) is 6.62. The summed E-state index contributed by atoms with van der Waals surface area (Å²) in [6, 6.07) is 2.22. The average molecular weight is 546 g/mol. The van der Waals surface area contributed by atoms with E-state index in [1.165, 1.54) is 23.7 Å². The molecule has 1 fully saturated rings. The Hall–Kier alpha value is -2.31. The number of nitrogens with one attached hydrogen (secondary N) is 1. The lowest BCUT2D eigenvalue weighted by Crippen LogP contribution is -2.50. The standard InChI is InChI=1S/C20H12Cl2F7N3OS/c21-13-4-11(18(23,19(24,25)26)20(27,28)29)5-14(22)16(13)32-7-10(6-30-32)15-3-9(8-34-15)17(33)31-12-1-2-12/h3-8,12H,1-2H2,(H,31,33). The first-order chi connectivity index (χ1) is 15.7. The lowest BCUT2D eigenvalue weighted by molar-refractivity contribution is -0.348. The van der Waals surface area contributed by atoms with Gasteiger partial charge in [0.1, 0.15) is 5.69 Å². The molecule has 0 unspecified atom stereocenters. The maximum Gasteiger partial charge on any atom is 0.435 e. The van der Waals surface area contributed by atoms with Crippen LogP contribution in [-0.4, -0.2) is 34.1 Å². The van der Waals surface area contributed by atoms with Crippen LogP contribution in [0.15, 0.2) is 36.0 Å². The molecule has 34 heavy (non-hydrogen) atoms. The van der Waals surface area contributed by atoms with Crippen LogP contribution in [0.25, 0.3) is 16.1 Å². The molecule has 2 aromatic heterocycles. The third-order valence-electron chi connectivity index (χ3n) is 5.07. The van der Waals surface area contributed by atoms with Gasteiger partial charge in [-0.25, -0.2) is 9.07 Å². The molecular weight excluding hydrogens is 534 g/mol. The average Bonchev–Trinajstić information content (AvgIpc) is 3.20. The minimum absolute atomic E-state index is 0.170. The number of thiophene rings is 1. The Bertz CT molecular complexity index is 1210. The molecule has 4 nitrogen and oxygen atoms in total. The zero-order chi connectivity index (χ0) is 25.1. The molecule has 3 aromatic rings. The smallest absolute Gasteiger partial charge is 0.349 e. The molecule has 4 rings (SSSR count). The molecule has 0 radical (unpaired) electrons. The molecule has 0 bridgehead atoms. The zero-order valence-electron chi connectivity index (χ0n) is 16.6. The number of alkyl halides is 7. The van der Waals surface area contributed by atoms with Crippen molar-refractivity contribution in [1.82, 2.24) is 15.1 Å². The van der Waals surface area contributed by atoms with Crippen LogP contribution in [0.4, 0.5) is 30.7 Å². The molecule has 1 aromatic carbocycles. The Morgan fingerprint density at radius 1 is 1.03 bits per heavy atom. The highest BCUT2D eigenvalue weighted by molar-refractivity contribution is 7.13. The van der Waals surface area contributed by atoms with Gasteiger partial charge in [-0.2, -0.15) is 31.4 Å². The van der Waals surface area contributed by atoms with Crippen molar-refractivity contribution >= 4 is 40.4 Å². The van der Waals surface area contributed by atoms with Gasteiger partial charge in [0.15, 0.2) is 0 Å². The van der Waals surface area contributed by atoms with Gasteiger partial charge in [0.05, 0.1) is 21.8 Å². The van der Waals surface area contributed by atoms with E-state index in [2.05, 4.69) is 10.4 Å². The predicted molar refractivity (Wildman–Crippen MR) is 112 cm³/mol. The summed E-state index contributed by atoms with van der Waals surface area (Å²) in [6.45, 7) is 0. The summed E-state index contributed by atoms with van der Waals surface area (Å²) in [5.74, 6) is -0.233. The van der Waals surface area contributed by atoms with Gasteiger partial charge in [0.2, 0.25) is 0 Å². The summed E-state index contributed by atoms with van der Waals surface area (Å²) in [4.78, 5) is 12.8. The van der Waals surface area contributed by atoms with Gasteiger partial charge in [-0.3, -0.25) is 4.79 Å². The molecule has 0 aliphatic heterocycles. The quantitative estimate of drug-likeness (QED) is 0.348. The molecule has 0 saturated heterocycles. The van der Waals surface area contributed by atoms with Gasteiger partial charge < -0.3 is 5.32 Å². The fraction of sp³-hybridized carbons (Fsp3) is 0.300. The summed E-state index contributed by atoms with van der Waals surface area (Å²) in [7, 11) is 0. The van der Waals surface area contributed by atoms with Crippen LogP contribution in [0.5, 0.6) is 0 Å². The molecule has 14 heteroatoms. The van der Waals surface area contributed by atoms with Gasteiger partial charge in [0, 0.05) is 33.6 Å². The molecule has 1 amide bonds. The maximum absolute atomic E-state index is 14.4. The first-order valence-electron chi connectivity index (χ1n) is 9.49. The van der Waals surface area contributed by atoms with E-state index in [-0.39, 0.29) is 29.8 Å². The van der Waals surface area contributed by atoms with Gasteiger partial charge in [0.25, 0.3) is 5.91 Å². The highest BCUT2D eigenvalue weighted by Crippen LogP contribution is 2.54. The molecule has 182 valence electrons. The molecular formula is C20H12Cl2F7N3OS. The Morgan fingerprint density at radius 3 is 2.15 bits per heavy atom. The van der Waals surface area contributed by atoms with Gasteiger partial charge in [-0.05, 0) is 31.0 Å². The molecule has 1 N–H and O–H groups in total. The predicted octanol–water partition coefficient (Wildman–Crippen LogP) is 7.09. The molecule has 0 spiro atoms. The van der Waals surface area contributed by atoms with Crippen LogP contribution in [0.2, 0.25) is 10.0 Å². The summed E-state index contributed by atoms with van der Waals surface area (Å²) < 4.78 is 93.8. The van der Waals surface area contributed by atoms with E-state index >= 15 is 0 Å². The van der Waals surface area contributed by atoms with E-state index in [4.69, 9.17) is 23.2 Å². The second kappa shape index (κ2) is 8.42. The van der Waals surface area contributed by atoms with E-state index in [9.17, 15) is 35.5 Å². The number of rotatable bonds is 5. The van der Waals surface area contributed by atoms with Crippen molar-refractivity contribution in [3.05, 3.63) is 57.1 Å². The number of hydrogen-bond donors (Lipinski definition) is 1. The van der Waals surface area contributed by atoms with Crippen LogP contribution in [0, 0.1) is 0 Å². The summed E-state index contributed by atoms with van der Waals surface area (Å²) >= 11 is 13.1. The third kappa shape index (κ3) is 4.38. The van der Waals surface area contributed by atoms with Gasteiger partial charge in [-0.15, -0.1) is 11.3 Å². The number of nitrogens with zero attached hydrogens (tertiary/aromatic N) is 2. The molecule has 2 heterocycles. The number of aromatic nitrogens is 2. The topological polar surface area (TPSA) is 46.9 Å². The van der Waals surface area contributed by atoms with Crippen molar-refractivity contribution in [3.63, 3.8) is 0 Å². The van der Waals surface area contributed by atoms with E-state index < -0.39 is 33.6 Å². The normalized spacial score (nSPS) is 15.0. The van der Waals surface area contributed by atoms with Gasteiger partial charge in [-0.1, -0.05) is 23.2 Å². The summed E-state index contributed by atoms with van der Waals surface area (Å²) in [5, 5.41) is 7.12. The zero-order valence-corrected chi connectivity index (χ0v) is 18.9. The molecule has 1 aliphatic rings. The number of halogens is 9. The minimum Gasteiger partial charge on any atom is -0.349 e. The largest absolute Gasteiger partial charge is 0.435 e. The lowest BCUT2D eigenvalue weighted by Gasteiger charge is -2.30. The van der Waals surface area contributed by atoms with Gasteiger partial charge >= 0.3 is 18.0 Å². The Kier molecular flexibility index (Phi) is 6.14. The first-order valence-corrected chi connectivity index (χ1v) is 11.1. The number of amides is 1. The molecule has 0 atom stereocenters. The number of carbonyl (C=O) groups is 1. The van der Waals surface area contributed by atoms with Crippen molar-refractivity contribution in [1.29, 1.82) is 0 Å². The number of carbonyl (C=O) groups excluding carboxylic acids is 1. The summed E-state index contributed by atoms with van der Waals surface area (Å²) in [5.41, 5.74) is -6.80. The van der Waals surface area contributed by atoms with Crippen molar-refractivity contribution < 1.29 is 35.5 Å². The molecule has 1 saturated carbocycles. The van der Waals surface area contributed by atoms with E-state index in [1.54, 1.807) is 11.4 Å². The van der Waals surface area contributed by atoms with Crippen LogP contribution in [0.1, 0.15) is 28.8 Å². The fourth-order valence-corrected chi connectivity index (χ4v) is 4.67. The lowest BCUT2D eigenvalue weighted by atomic mass is 9.94. The van der Waals surface area contributed by atoms with E-state index in [0.717, 1.165) is 17.5 Å². The second-order valence-corrected chi connectivity index (χ2v) is 9.29. The SMILES string of the molecule is O=C(NC1CC1)c1csc(-c2cnn(-c3c(Cl)cc(C(F)(C(F)(F)F)C(F)(F)F)cc3Cl)c2)c1. The van der Waals surface area contributed by atoms with E-state index in [0.29, 0.717) is 16.0 Å². The van der Waals surface area contributed by atoms with Crippen LogP contribution < -0.4 is 5.32 Å². The van der Waals surface area contributed by atoms with Crippen LogP contribution in [-0.2, 0) is 5.67 Å². The van der Waals surface area contributed by atoms with E-state index in [1.807, 2.05) is 0 Å². The maximum atomic E-state index is 14.4. The van der Waals surface area contributed by atoms with Crippen molar-refractivity contribution in [3.8, 4) is 16.1 Å². The highest BCUT2D eigenvalue weighted by Gasteiger charge is 2.73. The van der Waals surface area contributed by atoms with Crippen LogP contribution >= 0.6 is 34.5 Å². The van der Waals surface area contributed by atoms with Crippen molar-refractivity contribution in [2.45, 2.75) is 36.9 Å². The number of hydrogen-bond acceptors (Lipinski definition) is 3. The Balaban J connectivity index is 1.67. The number of benzene rings is 1. The Labute approximate surface area is 201 Å². The van der Waals surface area contributed by atoms with Crippen molar-refractivity contribution in [2.75, 3.05) is 0 Å². The Morgan fingerprint density at radius 2 is 1.62 bits per heavy atom. The first kappa shape index (κ1) is 24.8. The second-order valence-electron chi connectivity index (χ2n) is 7.56. The van der Waals surface area contributed by atoms with Crippen molar-refractivity contribution in [2.24, 2.45) is 0 Å². The minimum atomic E-state index is -6.30. The summed E-state index contributed by atoms with van der Waals surface area (Å²) in [6.07, 6.45) is -8.05. The fourth-order valence-electron chi connectivity index (χ4n) is 3.15. The molecule has 1 aliphatic carbocycles.